The number of rotatable bonds is 3. The highest BCUT2D eigenvalue weighted by atomic mass is 19.4. The van der Waals surface area contributed by atoms with Crippen LogP contribution in [-0.2, 0) is 9.59 Å². The second kappa shape index (κ2) is 11.6. The number of aliphatic carboxylic acids is 2. The molecule has 7 rings (SSSR count). The van der Waals surface area contributed by atoms with E-state index >= 15 is 0 Å². The maximum atomic E-state index is 13.4. The van der Waals surface area contributed by atoms with Crippen LogP contribution in [0.25, 0.3) is 16.9 Å². The molecule has 0 aliphatic heterocycles. The van der Waals surface area contributed by atoms with E-state index in [1.807, 2.05) is 47.0 Å². The Balaban J connectivity index is 0.000000243. The first kappa shape index (κ1) is 30.8. The number of nitrogens with zero attached hydrogens (tertiary/aromatic N) is 3. The van der Waals surface area contributed by atoms with Crippen molar-refractivity contribution >= 4 is 23.4 Å². The predicted molar refractivity (Wildman–Crippen MR) is 134 cm³/mol. The number of carboxylic acids is 2. The summed E-state index contributed by atoms with van der Waals surface area (Å²) in [5, 5.41) is 17.7. The standard InChI is InChI=1S/C23H24N4O.2C2HF3O2/c28-22(26-23-12-15-9-16(13-23)11-17(10-15)14-23)21-25-20(18-5-1-3-7-24-18)19-6-2-4-8-27(19)21;2*3-2(4,5)1(6)7/h1-8,15-17H,9-14H2,(H,26,28);2*(H,6,7). The van der Waals surface area contributed by atoms with Crippen LogP contribution in [-0.4, -0.2) is 60.3 Å². The Kier molecular flexibility index (Phi) is 8.51. The second-order valence-corrected chi connectivity index (χ2v) is 10.7. The molecule has 0 radical (unpaired) electrons. The van der Waals surface area contributed by atoms with Gasteiger partial charge in [0.2, 0.25) is 5.82 Å². The lowest BCUT2D eigenvalue weighted by Crippen LogP contribution is -2.60. The molecule has 0 spiro atoms. The molecule has 4 aliphatic rings. The molecule has 15 heteroatoms. The monoisotopic (exact) mass is 600 g/mol. The lowest BCUT2D eigenvalue weighted by atomic mass is 9.53. The van der Waals surface area contributed by atoms with Gasteiger partial charge in [0.05, 0.1) is 11.2 Å². The van der Waals surface area contributed by atoms with E-state index in [9.17, 15) is 31.1 Å². The number of halogens is 6. The van der Waals surface area contributed by atoms with E-state index < -0.39 is 24.3 Å². The van der Waals surface area contributed by atoms with Crippen molar-refractivity contribution in [2.45, 2.75) is 56.4 Å². The smallest absolute Gasteiger partial charge is 0.475 e. The minimum atomic E-state index is -5.08. The van der Waals surface area contributed by atoms with Crippen molar-refractivity contribution in [1.82, 2.24) is 19.7 Å². The summed E-state index contributed by atoms with van der Waals surface area (Å²) in [7, 11) is 0. The first-order valence-electron chi connectivity index (χ1n) is 12.9. The molecule has 3 aromatic heterocycles. The van der Waals surface area contributed by atoms with Gasteiger partial charge in [-0.1, -0.05) is 12.1 Å². The molecular formula is C27H26F6N4O5. The Morgan fingerprint density at radius 2 is 1.33 bits per heavy atom. The molecule has 3 heterocycles. The first-order valence-corrected chi connectivity index (χ1v) is 12.9. The number of carboxylic acid groups (broad SMARTS) is 2. The van der Waals surface area contributed by atoms with E-state index in [4.69, 9.17) is 24.8 Å². The molecule has 0 atom stereocenters. The summed E-state index contributed by atoms with van der Waals surface area (Å²) in [5.74, 6) is -2.70. The summed E-state index contributed by atoms with van der Waals surface area (Å²) < 4.78 is 65.4. The maximum absolute atomic E-state index is 13.4. The number of carbonyl (C=O) groups is 3. The number of imidazole rings is 1. The molecule has 4 aliphatic carbocycles. The van der Waals surface area contributed by atoms with Gasteiger partial charge in [-0.3, -0.25) is 14.2 Å². The van der Waals surface area contributed by atoms with Crippen LogP contribution in [0.5, 0.6) is 0 Å². The molecule has 4 bridgehead atoms. The molecule has 4 saturated carbocycles. The lowest BCUT2D eigenvalue weighted by Gasteiger charge is -2.56. The molecule has 1 amide bonds. The number of hydrogen-bond donors (Lipinski definition) is 3. The molecule has 3 N–H and O–H groups in total. The predicted octanol–water partition coefficient (Wildman–Crippen LogP) is 5.36. The van der Waals surface area contributed by atoms with Crippen molar-refractivity contribution in [1.29, 1.82) is 0 Å². The average molecular weight is 601 g/mol. The number of carbonyl (C=O) groups excluding carboxylic acids is 1. The summed E-state index contributed by atoms with van der Waals surface area (Å²) in [6.07, 6.45) is 1.03. The zero-order chi connectivity index (χ0) is 30.9. The molecule has 0 aromatic carbocycles. The molecule has 0 unspecified atom stereocenters. The molecule has 3 aromatic rings. The Morgan fingerprint density at radius 1 is 0.833 bits per heavy atom. The van der Waals surface area contributed by atoms with Crippen molar-refractivity contribution in [3.63, 3.8) is 0 Å². The number of amides is 1. The second-order valence-electron chi connectivity index (χ2n) is 10.7. The highest BCUT2D eigenvalue weighted by Crippen LogP contribution is 2.55. The summed E-state index contributed by atoms with van der Waals surface area (Å²) in [6, 6.07) is 11.7. The van der Waals surface area contributed by atoms with Gasteiger partial charge in [0.1, 0.15) is 5.69 Å². The van der Waals surface area contributed by atoms with Crippen LogP contribution < -0.4 is 5.32 Å². The van der Waals surface area contributed by atoms with Gasteiger partial charge in [-0.15, -0.1) is 0 Å². The Hall–Kier alpha value is -4.17. The molecule has 42 heavy (non-hydrogen) atoms. The van der Waals surface area contributed by atoms with Crippen molar-refractivity contribution in [2.75, 3.05) is 0 Å². The third-order valence-electron chi connectivity index (χ3n) is 7.56. The van der Waals surface area contributed by atoms with Gasteiger partial charge in [0.15, 0.2) is 0 Å². The van der Waals surface area contributed by atoms with Crippen molar-refractivity contribution in [3.05, 3.63) is 54.6 Å². The van der Waals surface area contributed by atoms with E-state index in [1.54, 1.807) is 6.20 Å². The van der Waals surface area contributed by atoms with E-state index in [0.717, 1.165) is 53.9 Å². The Labute approximate surface area is 234 Å². The first-order chi connectivity index (χ1) is 19.6. The molecular weight excluding hydrogens is 574 g/mol. The highest BCUT2D eigenvalue weighted by molar-refractivity contribution is 5.94. The van der Waals surface area contributed by atoms with Gasteiger partial charge in [0, 0.05) is 17.9 Å². The summed E-state index contributed by atoms with van der Waals surface area (Å²) in [4.78, 5) is 40.4. The summed E-state index contributed by atoms with van der Waals surface area (Å²) in [5.41, 5.74) is 2.45. The minimum absolute atomic E-state index is 0.0163. The van der Waals surface area contributed by atoms with Crippen molar-refractivity contribution in [3.8, 4) is 11.4 Å². The van der Waals surface area contributed by atoms with E-state index in [2.05, 4.69) is 10.3 Å². The maximum Gasteiger partial charge on any atom is 0.490 e. The van der Waals surface area contributed by atoms with Gasteiger partial charge >= 0.3 is 24.3 Å². The summed E-state index contributed by atoms with van der Waals surface area (Å²) in [6.45, 7) is 0. The molecule has 226 valence electrons. The van der Waals surface area contributed by atoms with Gasteiger partial charge in [-0.25, -0.2) is 14.6 Å². The van der Waals surface area contributed by atoms with Gasteiger partial charge in [-0.2, -0.15) is 26.3 Å². The normalized spacial score (nSPS) is 24.2. The lowest BCUT2D eigenvalue weighted by molar-refractivity contribution is -0.193. The van der Waals surface area contributed by atoms with Crippen LogP contribution in [0.2, 0.25) is 0 Å². The number of alkyl halides is 6. The number of aromatic nitrogens is 3. The number of pyridine rings is 2. The van der Waals surface area contributed by atoms with E-state index in [0.29, 0.717) is 5.82 Å². The Morgan fingerprint density at radius 3 is 1.79 bits per heavy atom. The fourth-order valence-corrected chi connectivity index (χ4v) is 6.45. The molecule has 0 saturated heterocycles. The van der Waals surface area contributed by atoms with Crippen molar-refractivity contribution in [2.24, 2.45) is 17.8 Å². The van der Waals surface area contributed by atoms with Crippen LogP contribution in [0.4, 0.5) is 26.3 Å². The van der Waals surface area contributed by atoms with Gasteiger partial charge < -0.3 is 15.5 Å². The van der Waals surface area contributed by atoms with Crippen LogP contribution in [0.3, 0.4) is 0 Å². The quantitative estimate of drug-likeness (QED) is 0.345. The van der Waals surface area contributed by atoms with Crippen LogP contribution >= 0.6 is 0 Å². The number of nitrogens with one attached hydrogen (secondary N) is 1. The van der Waals surface area contributed by atoms with Crippen LogP contribution in [0.1, 0.15) is 49.1 Å². The number of fused-ring (bicyclic) bond motifs is 1. The topological polar surface area (TPSA) is 134 Å². The fraction of sp³-hybridized carbons (Fsp3) is 0.444. The van der Waals surface area contributed by atoms with E-state index in [1.165, 1.54) is 19.3 Å². The molecule has 4 fully saturated rings. The summed E-state index contributed by atoms with van der Waals surface area (Å²) >= 11 is 0. The third kappa shape index (κ3) is 6.99. The number of hydrogen-bond acceptors (Lipinski definition) is 5. The van der Waals surface area contributed by atoms with Crippen LogP contribution in [0.15, 0.2) is 48.8 Å². The third-order valence-corrected chi connectivity index (χ3v) is 7.56. The van der Waals surface area contributed by atoms with Gasteiger partial charge in [-0.05, 0) is 80.5 Å². The van der Waals surface area contributed by atoms with Crippen LogP contribution in [0, 0.1) is 17.8 Å². The van der Waals surface area contributed by atoms with Crippen molar-refractivity contribution < 1.29 is 50.9 Å². The largest absolute Gasteiger partial charge is 0.490 e. The minimum Gasteiger partial charge on any atom is -0.475 e. The van der Waals surface area contributed by atoms with E-state index in [-0.39, 0.29) is 11.4 Å². The average Bonchev–Trinajstić information content (AvgIpc) is 3.28. The van der Waals surface area contributed by atoms with Gasteiger partial charge in [0.25, 0.3) is 5.91 Å². The Bertz CT molecular complexity index is 1400. The SMILES string of the molecule is O=C(NC12CC3CC(CC(C3)C1)C2)c1nc(-c2ccccn2)c2ccccn12.O=C(O)C(F)(F)F.O=C(O)C(F)(F)F. The molecule has 9 nitrogen and oxygen atoms in total. The zero-order valence-corrected chi connectivity index (χ0v) is 21.8. The highest BCUT2D eigenvalue weighted by Gasteiger charge is 2.51. The fourth-order valence-electron chi connectivity index (χ4n) is 6.45. The zero-order valence-electron chi connectivity index (χ0n) is 21.8.